The van der Waals surface area contributed by atoms with Crippen molar-refractivity contribution < 1.29 is 19.1 Å². The Labute approximate surface area is 140 Å². The van der Waals surface area contributed by atoms with Gasteiger partial charge in [-0.3, -0.25) is 0 Å². The number of rotatable bonds is 6. The number of carbonyl (C=O) groups is 2. The van der Waals surface area contributed by atoms with Crippen molar-refractivity contribution in [3.63, 3.8) is 0 Å². The Kier molecular flexibility index (Phi) is 5.78. The van der Waals surface area contributed by atoms with E-state index in [4.69, 9.17) is 15.2 Å². The van der Waals surface area contributed by atoms with E-state index in [0.717, 1.165) is 16.9 Å². The minimum atomic E-state index is -0.692. The Morgan fingerprint density at radius 2 is 1.75 bits per heavy atom. The molecule has 0 radical (unpaired) electrons. The van der Waals surface area contributed by atoms with Crippen LogP contribution in [0.5, 0.6) is 5.75 Å². The standard InChI is InChI=1S/C18H20N2O4/c1-12-8-13(2)10-16(9-12)23-6-7-24-17(21)14-4-3-5-15(11-14)20-18(19)22/h3-5,8-11H,6-7H2,1-2H3,(H3,19,20,22). The summed E-state index contributed by atoms with van der Waals surface area (Å²) >= 11 is 0. The van der Waals surface area contributed by atoms with Crippen LogP contribution in [0.3, 0.4) is 0 Å². The van der Waals surface area contributed by atoms with E-state index < -0.39 is 12.0 Å². The van der Waals surface area contributed by atoms with Crippen LogP contribution in [0.2, 0.25) is 0 Å². The van der Waals surface area contributed by atoms with Crippen molar-refractivity contribution in [3.05, 3.63) is 59.2 Å². The first-order valence-corrected chi connectivity index (χ1v) is 7.49. The van der Waals surface area contributed by atoms with Gasteiger partial charge in [0.1, 0.15) is 19.0 Å². The summed E-state index contributed by atoms with van der Waals surface area (Å²) in [5.74, 6) is 0.253. The second-order valence-corrected chi connectivity index (χ2v) is 5.38. The first-order valence-electron chi connectivity index (χ1n) is 7.49. The predicted octanol–water partition coefficient (Wildman–Crippen LogP) is 3.03. The maximum Gasteiger partial charge on any atom is 0.338 e. The molecule has 0 unspecified atom stereocenters. The van der Waals surface area contributed by atoms with Gasteiger partial charge in [-0.25, -0.2) is 9.59 Å². The third-order valence-corrected chi connectivity index (χ3v) is 3.15. The molecule has 2 rings (SSSR count). The van der Waals surface area contributed by atoms with Gasteiger partial charge in [0, 0.05) is 5.69 Å². The highest BCUT2D eigenvalue weighted by molar-refractivity contribution is 5.93. The number of urea groups is 1. The summed E-state index contributed by atoms with van der Waals surface area (Å²) in [4.78, 5) is 22.8. The average molecular weight is 328 g/mol. The van der Waals surface area contributed by atoms with Gasteiger partial charge in [-0.1, -0.05) is 12.1 Å². The number of aryl methyl sites for hydroxylation is 2. The summed E-state index contributed by atoms with van der Waals surface area (Å²) < 4.78 is 10.7. The van der Waals surface area contributed by atoms with Crippen LogP contribution in [0.1, 0.15) is 21.5 Å². The zero-order chi connectivity index (χ0) is 17.5. The number of hydrogen-bond donors (Lipinski definition) is 2. The molecule has 0 aliphatic rings. The minimum absolute atomic E-state index is 0.124. The van der Waals surface area contributed by atoms with Crippen LogP contribution < -0.4 is 15.8 Å². The van der Waals surface area contributed by atoms with Crippen molar-refractivity contribution in [3.8, 4) is 5.75 Å². The fourth-order valence-corrected chi connectivity index (χ4v) is 2.26. The van der Waals surface area contributed by atoms with Crippen LogP contribution in [0.4, 0.5) is 10.5 Å². The first kappa shape index (κ1) is 17.3. The third-order valence-electron chi connectivity index (χ3n) is 3.15. The number of primary amides is 1. The molecule has 0 aliphatic heterocycles. The fraction of sp³-hybridized carbons (Fsp3) is 0.222. The van der Waals surface area contributed by atoms with Gasteiger partial charge in [0.05, 0.1) is 5.56 Å². The van der Waals surface area contributed by atoms with Gasteiger partial charge in [-0.05, 0) is 55.3 Å². The molecule has 0 fully saturated rings. The summed E-state index contributed by atoms with van der Waals surface area (Å²) in [7, 11) is 0. The molecule has 0 spiro atoms. The lowest BCUT2D eigenvalue weighted by Gasteiger charge is -2.09. The minimum Gasteiger partial charge on any atom is -0.490 e. The Balaban J connectivity index is 1.83. The van der Waals surface area contributed by atoms with Gasteiger partial charge in [0.25, 0.3) is 0 Å². The summed E-state index contributed by atoms with van der Waals surface area (Å²) in [5, 5.41) is 2.41. The van der Waals surface area contributed by atoms with Gasteiger partial charge in [-0.15, -0.1) is 0 Å². The molecule has 2 amide bonds. The van der Waals surface area contributed by atoms with E-state index >= 15 is 0 Å². The Hall–Kier alpha value is -3.02. The van der Waals surface area contributed by atoms with Crippen molar-refractivity contribution in [2.45, 2.75) is 13.8 Å². The van der Waals surface area contributed by atoms with Gasteiger partial charge >= 0.3 is 12.0 Å². The molecule has 2 aromatic carbocycles. The van der Waals surface area contributed by atoms with Crippen molar-refractivity contribution in [1.29, 1.82) is 0 Å². The SMILES string of the molecule is Cc1cc(C)cc(OCCOC(=O)c2cccc(NC(N)=O)c2)c1. The zero-order valence-electron chi connectivity index (χ0n) is 13.7. The van der Waals surface area contributed by atoms with Crippen LogP contribution in [-0.4, -0.2) is 25.2 Å². The molecule has 126 valence electrons. The molecule has 0 aromatic heterocycles. The maximum atomic E-state index is 12.0. The molecule has 6 heteroatoms. The van der Waals surface area contributed by atoms with Gasteiger partial charge in [-0.2, -0.15) is 0 Å². The molecule has 2 aromatic rings. The maximum absolute atomic E-state index is 12.0. The van der Waals surface area contributed by atoms with Crippen LogP contribution in [0, 0.1) is 13.8 Å². The summed E-state index contributed by atoms with van der Waals surface area (Å²) in [6.45, 7) is 4.37. The topological polar surface area (TPSA) is 90.7 Å². The van der Waals surface area contributed by atoms with E-state index in [-0.39, 0.29) is 13.2 Å². The first-order chi connectivity index (χ1) is 11.4. The molecule has 0 saturated carbocycles. The molecule has 0 heterocycles. The molecular formula is C18H20N2O4. The molecule has 6 nitrogen and oxygen atoms in total. The van der Waals surface area contributed by atoms with E-state index in [9.17, 15) is 9.59 Å². The van der Waals surface area contributed by atoms with E-state index in [1.54, 1.807) is 18.2 Å². The highest BCUT2D eigenvalue weighted by atomic mass is 16.6. The van der Waals surface area contributed by atoms with Crippen molar-refractivity contribution >= 4 is 17.7 Å². The van der Waals surface area contributed by atoms with Crippen molar-refractivity contribution in [2.75, 3.05) is 18.5 Å². The molecule has 3 N–H and O–H groups in total. The predicted molar refractivity (Wildman–Crippen MR) is 91.3 cm³/mol. The second-order valence-electron chi connectivity index (χ2n) is 5.38. The third kappa shape index (κ3) is 5.31. The lowest BCUT2D eigenvalue weighted by atomic mass is 10.1. The number of esters is 1. The van der Waals surface area contributed by atoms with Crippen LogP contribution in [-0.2, 0) is 4.74 Å². The summed E-state index contributed by atoms with van der Waals surface area (Å²) in [5.41, 5.74) is 8.03. The Morgan fingerprint density at radius 1 is 1.04 bits per heavy atom. The van der Waals surface area contributed by atoms with Gasteiger partial charge in [0.2, 0.25) is 0 Å². The van der Waals surface area contributed by atoms with Crippen molar-refractivity contribution in [1.82, 2.24) is 0 Å². The zero-order valence-corrected chi connectivity index (χ0v) is 13.7. The number of carbonyl (C=O) groups excluding carboxylic acids is 2. The van der Waals surface area contributed by atoms with Crippen LogP contribution >= 0.6 is 0 Å². The van der Waals surface area contributed by atoms with Crippen molar-refractivity contribution in [2.24, 2.45) is 5.73 Å². The monoisotopic (exact) mass is 328 g/mol. The van der Waals surface area contributed by atoms with Crippen LogP contribution in [0.25, 0.3) is 0 Å². The molecular weight excluding hydrogens is 308 g/mol. The number of ether oxygens (including phenoxy) is 2. The molecule has 24 heavy (non-hydrogen) atoms. The molecule has 0 aliphatic carbocycles. The number of nitrogens with one attached hydrogen (secondary N) is 1. The lowest BCUT2D eigenvalue weighted by Crippen LogP contribution is -2.19. The van der Waals surface area contributed by atoms with Gasteiger partial charge in [0.15, 0.2) is 0 Å². The second kappa shape index (κ2) is 8.01. The van der Waals surface area contributed by atoms with E-state index in [2.05, 4.69) is 11.4 Å². The van der Waals surface area contributed by atoms with E-state index in [1.807, 2.05) is 26.0 Å². The fourth-order valence-electron chi connectivity index (χ4n) is 2.26. The average Bonchev–Trinajstić information content (AvgIpc) is 2.50. The molecule has 0 saturated heterocycles. The normalized spacial score (nSPS) is 10.1. The Bertz CT molecular complexity index is 723. The molecule has 0 bridgehead atoms. The van der Waals surface area contributed by atoms with Crippen LogP contribution in [0.15, 0.2) is 42.5 Å². The molecule has 0 atom stereocenters. The van der Waals surface area contributed by atoms with E-state index in [0.29, 0.717) is 11.3 Å². The summed E-state index contributed by atoms with van der Waals surface area (Å²) in [6.07, 6.45) is 0. The highest BCUT2D eigenvalue weighted by Gasteiger charge is 2.08. The lowest BCUT2D eigenvalue weighted by molar-refractivity contribution is 0.0450. The van der Waals surface area contributed by atoms with Gasteiger partial charge < -0.3 is 20.5 Å². The summed E-state index contributed by atoms with van der Waals surface area (Å²) in [6, 6.07) is 11.6. The number of nitrogens with two attached hydrogens (primary N) is 1. The van der Waals surface area contributed by atoms with E-state index in [1.165, 1.54) is 6.07 Å². The number of hydrogen-bond acceptors (Lipinski definition) is 4. The number of amides is 2. The largest absolute Gasteiger partial charge is 0.490 e. The highest BCUT2D eigenvalue weighted by Crippen LogP contribution is 2.16. The number of anilines is 1. The number of benzene rings is 2. The Morgan fingerprint density at radius 3 is 2.42 bits per heavy atom. The quantitative estimate of drug-likeness (QED) is 0.630. The smallest absolute Gasteiger partial charge is 0.338 e.